The van der Waals surface area contributed by atoms with E-state index in [-0.39, 0.29) is 34.4 Å². The van der Waals surface area contributed by atoms with Gasteiger partial charge in [0, 0.05) is 19.8 Å². The predicted octanol–water partition coefficient (Wildman–Crippen LogP) is 8.59. The molecule has 0 aromatic heterocycles. The molecule has 0 unspecified atom stereocenters. The van der Waals surface area contributed by atoms with Crippen LogP contribution >= 0.6 is 0 Å². The molecule has 0 aromatic carbocycles. The first-order valence-corrected chi connectivity index (χ1v) is 21.2. The Labute approximate surface area is 245 Å². The molecule has 0 bridgehead atoms. The topological polar surface area (TPSA) is 40.2 Å². The second-order valence-electron chi connectivity index (χ2n) is 14.7. The van der Waals surface area contributed by atoms with E-state index < -0.39 is 16.6 Å². The highest BCUT2D eigenvalue weighted by Gasteiger charge is 2.52. The van der Waals surface area contributed by atoms with E-state index in [1.165, 1.54) is 11.1 Å². The minimum atomic E-state index is -1.93. The number of nitrogens with zero attached hydrogens (tertiary/aromatic N) is 1. The molecule has 0 amide bonds. The monoisotopic (exact) mass is 583 g/mol. The van der Waals surface area contributed by atoms with Gasteiger partial charge in [-0.1, -0.05) is 64.8 Å². The quantitative estimate of drug-likeness (QED) is 0.143. The minimum absolute atomic E-state index is 0.0490. The molecule has 1 fully saturated rings. The Hall–Kier alpha value is -0.286. The summed E-state index contributed by atoms with van der Waals surface area (Å²) in [5.74, 6) is 0. The minimum Gasteiger partial charge on any atom is -0.415 e. The molecule has 39 heavy (non-hydrogen) atoms. The molecule has 1 aliphatic heterocycles. The van der Waals surface area contributed by atoms with Crippen molar-refractivity contribution < 1.29 is 18.3 Å². The van der Waals surface area contributed by atoms with Crippen LogP contribution in [0.15, 0.2) is 23.3 Å². The van der Waals surface area contributed by atoms with Gasteiger partial charge in [-0.2, -0.15) is 0 Å². The van der Waals surface area contributed by atoms with Crippen LogP contribution < -0.4 is 0 Å². The fraction of sp³-hybridized carbons (Fsp3) is 0.875. The largest absolute Gasteiger partial charge is 0.415 e. The zero-order valence-electron chi connectivity index (χ0n) is 28.5. The predicted molar refractivity (Wildman–Crippen MR) is 174 cm³/mol. The highest BCUT2D eigenvalue weighted by Crippen LogP contribution is 2.40. The lowest BCUT2D eigenvalue weighted by atomic mass is 10.1. The summed E-state index contributed by atoms with van der Waals surface area (Å²) in [7, 11) is -3.87. The SMILES string of the molecule is CCO[C@H]1[C@H](OCC)[C@H](CO[Si](C)(C)C(C)(C)C)N(C/C=C(\C)CCC=C(C)C)[C@H]1CO[Si](C)(C)C(C)(C)C. The molecule has 7 heteroatoms. The molecule has 4 atom stereocenters. The molecule has 1 rings (SSSR count). The summed E-state index contributed by atoms with van der Waals surface area (Å²) < 4.78 is 26.7. The van der Waals surface area contributed by atoms with Gasteiger partial charge in [-0.05, 0) is 83.7 Å². The normalized spacial score (nSPS) is 23.9. The Bertz CT molecular complexity index is 745. The third-order valence-corrected chi connectivity index (χ3v) is 18.2. The van der Waals surface area contributed by atoms with Crippen molar-refractivity contribution in [2.45, 2.75) is 150 Å². The fourth-order valence-corrected chi connectivity index (χ4v) is 6.52. The van der Waals surface area contributed by atoms with Crippen molar-refractivity contribution >= 4 is 16.6 Å². The van der Waals surface area contributed by atoms with Gasteiger partial charge < -0.3 is 18.3 Å². The summed E-state index contributed by atoms with van der Waals surface area (Å²) in [5.41, 5.74) is 2.81. The highest BCUT2D eigenvalue weighted by atomic mass is 28.4. The smallest absolute Gasteiger partial charge is 0.192 e. The molecule has 1 heterocycles. The Morgan fingerprint density at radius 3 is 1.46 bits per heavy atom. The van der Waals surface area contributed by atoms with Crippen LogP contribution in [0.2, 0.25) is 36.3 Å². The standard InChI is InChI=1S/C32H65NO4Si2/c1-16-34-29-27(23-36-38(12,13)31(6,7)8)33(22-21-26(5)20-18-19-25(3)4)28(30(29)35-17-2)24-37-39(14,15)32(9,10)11/h19,21,27-30H,16-18,20,22-24H2,1-15H3/b26-21+/t27-,28-,29+,30+/m0/s1. The average molecular weight is 584 g/mol. The second-order valence-corrected chi connectivity index (χ2v) is 24.3. The zero-order chi connectivity index (χ0) is 30.2. The molecule has 0 saturated carbocycles. The van der Waals surface area contributed by atoms with Gasteiger partial charge in [0.1, 0.15) is 12.2 Å². The van der Waals surface area contributed by atoms with E-state index in [0.29, 0.717) is 26.4 Å². The van der Waals surface area contributed by atoms with Crippen molar-refractivity contribution in [3.8, 4) is 0 Å². The van der Waals surface area contributed by atoms with Crippen LogP contribution in [0.25, 0.3) is 0 Å². The Morgan fingerprint density at radius 2 is 1.13 bits per heavy atom. The van der Waals surface area contributed by atoms with E-state index in [1.54, 1.807) is 0 Å². The van der Waals surface area contributed by atoms with E-state index in [2.05, 4.69) is 119 Å². The number of allylic oxidation sites excluding steroid dienone is 3. The van der Waals surface area contributed by atoms with Crippen LogP contribution in [-0.2, 0) is 18.3 Å². The Kier molecular flexibility index (Phi) is 14.4. The molecular weight excluding hydrogens is 519 g/mol. The van der Waals surface area contributed by atoms with E-state index in [0.717, 1.165) is 19.4 Å². The summed E-state index contributed by atoms with van der Waals surface area (Å²) in [6, 6.07) is 0.232. The van der Waals surface area contributed by atoms with Crippen molar-refractivity contribution in [1.29, 1.82) is 0 Å². The summed E-state index contributed by atoms with van der Waals surface area (Å²) in [6.07, 6.45) is 6.81. The van der Waals surface area contributed by atoms with Gasteiger partial charge in [-0.15, -0.1) is 0 Å². The fourth-order valence-electron chi connectivity index (χ4n) is 4.48. The molecule has 0 N–H and O–H groups in total. The lowest BCUT2D eigenvalue weighted by molar-refractivity contribution is -0.0666. The molecule has 5 nitrogen and oxygen atoms in total. The first-order valence-electron chi connectivity index (χ1n) is 15.3. The zero-order valence-corrected chi connectivity index (χ0v) is 30.5. The molecule has 0 aliphatic carbocycles. The molecule has 230 valence electrons. The van der Waals surface area contributed by atoms with Gasteiger partial charge in [0.2, 0.25) is 0 Å². The van der Waals surface area contributed by atoms with Gasteiger partial charge in [0.15, 0.2) is 16.6 Å². The molecular formula is C32H65NO4Si2. The number of ether oxygens (including phenoxy) is 2. The van der Waals surface area contributed by atoms with Crippen molar-refractivity contribution in [2.24, 2.45) is 0 Å². The van der Waals surface area contributed by atoms with E-state index >= 15 is 0 Å². The number of hydrogen-bond donors (Lipinski definition) is 0. The number of hydrogen-bond acceptors (Lipinski definition) is 5. The summed E-state index contributed by atoms with van der Waals surface area (Å²) in [5, 5.41) is 0.312. The van der Waals surface area contributed by atoms with E-state index in [9.17, 15) is 0 Å². The Balaban J connectivity index is 3.42. The second kappa shape index (κ2) is 15.3. The molecule has 1 saturated heterocycles. The summed E-state index contributed by atoms with van der Waals surface area (Å²) in [4.78, 5) is 2.59. The summed E-state index contributed by atoms with van der Waals surface area (Å²) >= 11 is 0. The van der Waals surface area contributed by atoms with Crippen LogP contribution in [-0.4, -0.2) is 78.8 Å². The Morgan fingerprint density at radius 1 is 0.718 bits per heavy atom. The van der Waals surface area contributed by atoms with Crippen LogP contribution in [0.5, 0.6) is 0 Å². The third kappa shape index (κ3) is 10.8. The van der Waals surface area contributed by atoms with E-state index in [4.69, 9.17) is 18.3 Å². The first kappa shape index (κ1) is 36.7. The molecule has 0 aromatic rings. The molecule has 0 spiro atoms. The van der Waals surface area contributed by atoms with Crippen molar-refractivity contribution in [3.05, 3.63) is 23.3 Å². The van der Waals surface area contributed by atoms with Gasteiger partial charge >= 0.3 is 0 Å². The van der Waals surface area contributed by atoms with Crippen LogP contribution in [0.3, 0.4) is 0 Å². The lowest BCUT2D eigenvalue weighted by Crippen LogP contribution is -2.50. The number of rotatable bonds is 15. The number of likely N-dealkylation sites (tertiary alicyclic amines) is 1. The van der Waals surface area contributed by atoms with Crippen LogP contribution in [0, 0.1) is 0 Å². The van der Waals surface area contributed by atoms with Crippen molar-refractivity contribution in [3.63, 3.8) is 0 Å². The summed E-state index contributed by atoms with van der Waals surface area (Å²) in [6.45, 7) is 37.5. The van der Waals surface area contributed by atoms with Crippen molar-refractivity contribution in [1.82, 2.24) is 4.90 Å². The maximum Gasteiger partial charge on any atom is 0.192 e. The average Bonchev–Trinajstić information content (AvgIpc) is 3.05. The van der Waals surface area contributed by atoms with Crippen molar-refractivity contribution in [2.75, 3.05) is 33.0 Å². The maximum absolute atomic E-state index is 6.86. The van der Waals surface area contributed by atoms with E-state index in [1.807, 2.05) is 0 Å². The van der Waals surface area contributed by atoms with Gasteiger partial charge in [-0.3, -0.25) is 4.90 Å². The lowest BCUT2D eigenvalue weighted by Gasteiger charge is -2.40. The first-order chi connectivity index (χ1) is 17.8. The maximum atomic E-state index is 6.86. The molecule has 1 aliphatic rings. The van der Waals surface area contributed by atoms with Crippen LogP contribution in [0.4, 0.5) is 0 Å². The van der Waals surface area contributed by atoms with Crippen LogP contribution in [0.1, 0.15) is 89.0 Å². The highest BCUT2D eigenvalue weighted by molar-refractivity contribution is 6.74. The van der Waals surface area contributed by atoms with Gasteiger partial charge in [0.25, 0.3) is 0 Å². The molecule has 0 radical (unpaired) electrons. The van der Waals surface area contributed by atoms with Gasteiger partial charge in [-0.25, -0.2) is 0 Å². The third-order valence-electron chi connectivity index (χ3n) is 9.24. The van der Waals surface area contributed by atoms with Gasteiger partial charge in [0.05, 0.1) is 25.3 Å².